The van der Waals surface area contributed by atoms with E-state index in [0.717, 1.165) is 18.6 Å². The van der Waals surface area contributed by atoms with Gasteiger partial charge in [0.05, 0.1) is 0 Å². The largest absolute Gasteiger partial charge is 0.481 e. The summed E-state index contributed by atoms with van der Waals surface area (Å²) in [5.74, 6) is -1.25. The zero-order valence-corrected chi connectivity index (χ0v) is 11.3. The predicted octanol–water partition coefficient (Wildman–Crippen LogP) is 1.71. The lowest BCUT2D eigenvalue weighted by molar-refractivity contribution is -0.140. The van der Waals surface area contributed by atoms with Crippen LogP contribution in [0.25, 0.3) is 0 Å². The summed E-state index contributed by atoms with van der Waals surface area (Å²) in [7, 11) is 0. The number of thiocarbonyl (C=S) groups is 1. The molecule has 0 amide bonds. The van der Waals surface area contributed by atoms with Crippen LogP contribution in [0.1, 0.15) is 32.6 Å². The quantitative estimate of drug-likeness (QED) is 0.460. The van der Waals surface area contributed by atoms with Crippen LogP contribution in [0.15, 0.2) is 0 Å². The molecular formula is C10H17NO4S2. The molecule has 1 atom stereocenters. The average Bonchev–Trinajstić information content (AvgIpc) is 2.23. The van der Waals surface area contributed by atoms with E-state index in [1.165, 1.54) is 11.8 Å². The van der Waals surface area contributed by atoms with Crippen molar-refractivity contribution >= 4 is 40.2 Å². The molecule has 0 spiro atoms. The molecule has 0 heterocycles. The second-order valence-electron chi connectivity index (χ2n) is 3.46. The Labute approximate surface area is 110 Å². The molecule has 0 radical (unpaired) electrons. The average molecular weight is 279 g/mol. The molecular weight excluding hydrogens is 262 g/mol. The molecule has 7 heteroatoms. The molecule has 17 heavy (non-hydrogen) atoms. The van der Waals surface area contributed by atoms with Crippen molar-refractivity contribution in [2.45, 2.75) is 38.6 Å². The molecule has 0 fully saturated rings. The van der Waals surface area contributed by atoms with E-state index in [2.05, 4.69) is 12.2 Å². The topological polar surface area (TPSA) is 86.6 Å². The fraction of sp³-hybridized carbons (Fsp3) is 0.700. The summed E-state index contributed by atoms with van der Waals surface area (Å²) >= 11 is 6.37. The van der Waals surface area contributed by atoms with Gasteiger partial charge >= 0.3 is 11.9 Å². The third-order valence-electron chi connectivity index (χ3n) is 1.97. The van der Waals surface area contributed by atoms with Crippen LogP contribution in [0, 0.1) is 0 Å². The predicted molar refractivity (Wildman–Crippen MR) is 71.4 cm³/mol. The van der Waals surface area contributed by atoms with Crippen LogP contribution in [-0.4, -0.2) is 38.3 Å². The lowest BCUT2D eigenvalue weighted by Crippen LogP contribution is -2.39. The van der Waals surface area contributed by atoms with E-state index < -0.39 is 18.0 Å². The van der Waals surface area contributed by atoms with Crippen LogP contribution in [0.5, 0.6) is 0 Å². The van der Waals surface area contributed by atoms with Crippen molar-refractivity contribution in [2.24, 2.45) is 0 Å². The van der Waals surface area contributed by atoms with E-state index in [-0.39, 0.29) is 12.8 Å². The van der Waals surface area contributed by atoms with Gasteiger partial charge in [-0.2, -0.15) is 0 Å². The summed E-state index contributed by atoms with van der Waals surface area (Å²) in [4.78, 5) is 21.2. The summed E-state index contributed by atoms with van der Waals surface area (Å²) in [6.45, 7) is 2.06. The van der Waals surface area contributed by atoms with E-state index in [0.29, 0.717) is 4.32 Å². The van der Waals surface area contributed by atoms with Gasteiger partial charge in [0.15, 0.2) is 0 Å². The second kappa shape index (κ2) is 9.23. The minimum atomic E-state index is -1.08. The molecule has 5 nitrogen and oxygen atoms in total. The zero-order valence-electron chi connectivity index (χ0n) is 9.64. The first kappa shape index (κ1) is 16.2. The summed E-state index contributed by atoms with van der Waals surface area (Å²) < 4.78 is 0.413. The highest BCUT2D eigenvalue weighted by Gasteiger charge is 2.19. The molecule has 0 aliphatic rings. The van der Waals surface area contributed by atoms with Crippen LogP contribution in [0.2, 0.25) is 0 Å². The highest BCUT2D eigenvalue weighted by atomic mass is 32.2. The number of unbranched alkanes of at least 4 members (excludes halogenated alkanes) is 1. The Balaban J connectivity index is 4.02. The number of carboxylic acids is 2. The number of carboxylic acid groups (broad SMARTS) is 2. The maximum Gasteiger partial charge on any atom is 0.326 e. The monoisotopic (exact) mass is 279 g/mol. The Kier molecular flexibility index (Phi) is 8.79. The Morgan fingerprint density at radius 1 is 1.41 bits per heavy atom. The standard InChI is InChI=1S/C10H17NO4S2/c1-2-3-6-17-10(16)11-7(9(14)15)4-5-8(12)13/h7H,2-6H2,1H3,(H,11,16)(H,12,13)(H,14,15). The molecule has 3 N–H and O–H groups in total. The van der Waals surface area contributed by atoms with Gasteiger partial charge in [-0.25, -0.2) is 4.79 Å². The Bertz CT molecular complexity index is 283. The van der Waals surface area contributed by atoms with E-state index in [1.54, 1.807) is 0 Å². The third kappa shape index (κ3) is 8.93. The van der Waals surface area contributed by atoms with Gasteiger partial charge in [-0.05, 0) is 12.8 Å². The number of thioether (sulfide) groups is 1. The van der Waals surface area contributed by atoms with Crippen LogP contribution >= 0.6 is 24.0 Å². The van der Waals surface area contributed by atoms with Crippen molar-refractivity contribution in [1.29, 1.82) is 0 Å². The van der Waals surface area contributed by atoms with Gasteiger partial charge in [-0.15, -0.1) is 0 Å². The molecule has 0 aliphatic carbocycles. The van der Waals surface area contributed by atoms with Crippen molar-refractivity contribution in [3.8, 4) is 0 Å². The normalized spacial score (nSPS) is 11.8. The molecule has 0 bridgehead atoms. The van der Waals surface area contributed by atoms with E-state index in [1.807, 2.05) is 0 Å². The molecule has 0 saturated heterocycles. The summed E-state index contributed by atoms with van der Waals surface area (Å²) in [5.41, 5.74) is 0. The Hall–Kier alpha value is -0.820. The van der Waals surface area contributed by atoms with Crippen LogP contribution < -0.4 is 5.32 Å². The van der Waals surface area contributed by atoms with Crippen LogP contribution in [-0.2, 0) is 9.59 Å². The van der Waals surface area contributed by atoms with Crippen molar-refractivity contribution in [2.75, 3.05) is 5.75 Å². The minimum absolute atomic E-state index is 0.0269. The molecule has 1 unspecified atom stereocenters. The molecule has 0 aromatic heterocycles. The number of aliphatic carboxylic acids is 2. The number of nitrogens with one attached hydrogen (secondary N) is 1. The Morgan fingerprint density at radius 3 is 2.53 bits per heavy atom. The van der Waals surface area contributed by atoms with Crippen LogP contribution in [0.4, 0.5) is 0 Å². The first-order valence-corrected chi connectivity index (χ1v) is 6.74. The van der Waals surface area contributed by atoms with Gasteiger partial charge < -0.3 is 15.5 Å². The van der Waals surface area contributed by atoms with Gasteiger partial charge in [-0.3, -0.25) is 4.79 Å². The SMILES string of the molecule is CCCCSC(=S)NC(CCC(=O)O)C(=O)O. The van der Waals surface area contributed by atoms with E-state index >= 15 is 0 Å². The fourth-order valence-electron chi connectivity index (χ4n) is 1.02. The van der Waals surface area contributed by atoms with Gasteiger partial charge in [0.2, 0.25) is 0 Å². The fourth-order valence-corrected chi connectivity index (χ4v) is 2.25. The van der Waals surface area contributed by atoms with E-state index in [4.69, 9.17) is 22.4 Å². The number of rotatable bonds is 8. The summed E-state index contributed by atoms with van der Waals surface area (Å²) in [6, 6.07) is -0.923. The number of carbonyl (C=O) groups is 2. The maximum atomic E-state index is 10.9. The molecule has 0 rings (SSSR count). The third-order valence-corrected chi connectivity index (χ3v) is 3.31. The molecule has 0 aromatic carbocycles. The lowest BCUT2D eigenvalue weighted by Gasteiger charge is -2.14. The highest BCUT2D eigenvalue weighted by Crippen LogP contribution is 2.08. The number of hydrogen-bond acceptors (Lipinski definition) is 4. The zero-order chi connectivity index (χ0) is 13.3. The van der Waals surface area contributed by atoms with Gasteiger partial charge in [0.25, 0.3) is 0 Å². The number of hydrogen-bond donors (Lipinski definition) is 3. The second-order valence-corrected chi connectivity index (χ2v) is 5.23. The van der Waals surface area contributed by atoms with Gasteiger partial charge in [-0.1, -0.05) is 37.3 Å². The smallest absolute Gasteiger partial charge is 0.326 e. The molecule has 0 aliphatic heterocycles. The highest BCUT2D eigenvalue weighted by molar-refractivity contribution is 8.22. The van der Waals surface area contributed by atoms with Gasteiger partial charge in [0, 0.05) is 12.2 Å². The molecule has 98 valence electrons. The first-order chi connectivity index (χ1) is 7.97. The van der Waals surface area contributed by atoms with Crippen molar-refractivity contribution < 1.29 is 19.8 Å². The maximum absolute atomic E-state index is 10.9. The molecule has 0 saturated carbocycles. The minimum Gasteiger partial charge on any atom is -0.481 e. The van der Waals surface area contributed by atoms with Crippen molar-refractivity contribution in [3.05, 3.63) is 0 Å². The van der Waals surface area contributed by atoms with Crippen LogP contribution in [0.3, 0.4) is 0 Å². The van der Waals surface area contributed by atoms with Crippen molar-refractivity contribution in [1.82, 2.24) is 5.32 Å². The Morgan fingerprint density at radius 2 is 2.06 bits per heavy atom. The lowest BCUT2D eigenvalue weighted by atomic mass is 10.1. The first-order valence-electron chi connectivity index (χ1n) is 5.35. The summed E-state index contributed by atoms with van der Waals surface area (Å²) in [5, 5.41) is 20.0. The van der Waals surface area contributed by atoms with E-state index in [9.17, 15) is 9.59 Å². The van der Waals surface area contributed by atoms with Gasteiger partial charge in [0.1, 0.15) is 10.4 Å². The van der Waals surface area contributed by atoms with Crippen molar-refractivity contribution in [3.63, 3.8) is 0 Å². The molecule has 0 aromatic rings. The summed E-state index contributed by atoms with van der Waals surface area (Å²) in [6.07, 6.45) is 1.90.